The number of aromatic nitrogens is 2. The average molecular weight is 314 g/mol. The Bertz CT molecular complexity index is 730. The van der Waals surface area contributed by atoms with E-state index in [0.29, 0.717) is 13.2 Å². The third-order valence-electron chi connectivity index (χ3n) is 2.71. The molecule has 3 N–H and O–H groups in total. The first-order chi connectivity index (χ1) is 9.94. The van der Waals surface area contributed by atoms with Gasteiger partial charge in [-0.1, -0.05) is 6.07 Å². The first kappa shape index (κ1) is 15.3. The standard InChI is InChI=1S/C12H15FN4O3S/c1-20-6-5-17-8-9(7-15-17)16-21(18,19)11-4-2-3-10(13)12(11)14/h2-4,7-8,16H,5-6,14H2,1H3. The minimum atomic E-state index is -3.97. The van der Waals surface area contributed by atoms with Crippen LogP contribution >= 0.6 is 0 Å². The Hall–Kier alpha value is -2.13. The highest BCUT2D eigenvalue weighted by atomic mass is 32.2. The Balaban J connectivity index is 2.21. The van der Waals surface area contributed by atoms with E-state index in [1.807, 2.05) is 0 Å². The number of methoxy groups -OCH3 is 1. The molecule has 0 spiro atoms. The summed E-state index contributed by atoms with van der Waals surface area (Å²) in [4.78, 5) is -0.313. The van der Waals surface area contributed by atoms with Crippen molar-refractivity contribution in [2.75, 3.05) is 24.2 Å². The second-order valence-electron chi connectivity index (χ2n) is 4.24. The van der Waals surface area contributed by atoms with E-state index in [0.717, 1.165) is 6.07 Å². The number of hydrogen-bond donors (Lipinski definition) is 2. The van der Waals surface area contributed by atoms with Crippen LogP contribution in [0.15, 0.2) is 35.5 Å². The number of nitrogens with zero attached hydrogens (tertiary/aromatic N) is 2. The van der Waals surface area contributed by atoms with E-state index < -0.39 is 21.5 Å². The van der Waals surface area contributed by atoms with E-state index in [9.17, 15) is 12.8 Å². The summed E-state index contributed by atoms with van der Waals surface area (Å²) in [5.74, 6) is -0.784. The summed E-state index contributed by atoms with van der Waals surface area (Å²) in [6, 6.07) is 3.61. The van der Waals surface area contributed by atoms with Gasteiger partial charge in [0.15, 0.2) is 0 Å². The number of para-hydroxylation sites is 1. The largest absolute Gasteiger partial charge is 0.395 e. The first-order valence-electron chi connectivity index (χ1n) is 6.02. The van der Waals surface area contributed by atoms with Crippen molar-refractivity contribution in [3.05, 3.63) is 36.4 Å². The maximum absolute atomic E-state index is 13.3. The lowest BCUT2D eigenvalue weighted by molar-refractivity contribution is 0.183. The predicted molar refractivity (Wildman–Crippen MR) is 75.7 cm³/mol. The van der Waals surface area contributed by atoms with Crippen molar-refractivity contribution in [1.82, 2.24) is 9.78 Å². The van der Waals surface area contributed by atoms with Crippen LogP contribution in [0.25, 0.3) is 0 Å². The summed E-state index contributed by atoms with van der Waals surface area (Å²) in [5, 5.41) is 3.98. The molecule has 2 rings (SSSR count). The summed E-state index contributed by atoms with van der Waals surface area (Å²) in [7, 11) is -2.42. The molecule has 0 aliphatic rings. The van der Waals surface area contributed by atoms with Crippen molar-refractivity contribution < 1.29 is 17.5 Å². The summed E-state index contributed by atoms with van der Waals surface area (Å²) in [6.07, 6.45) is 2.86. The van der Waals surface area contributed by atoms with Gasteiger partial charge in [-0.2, -0.15) is 5.10 Å². The molecular formula is C12H15FN4O3S. The van der Waals surface area contributed by atoms with Gasteiger partial charge in [0.05, 0.1) is 30.7 Å². The van der Waals surface area contributed by atoms with Gasteiger partial charge >= 0.3 is 0 Å². The Kier molecular flexibility index (Phi) is 4.43. The molecule has 1 aromatic heterocycles. The lowest BCUT2D eigenvalue weighted by Gasteiger charge is -2.08. The average Bonchev–Trinajstić information content (AvgIpc) is 2.86. The van der Waals surface area contributed by atoms with Gasteiger partial charge < -0.3 is 10.5 Å². The highest BCUT2D eigenvalue weighted by Gasteiger charge is 2.20. The summed E-state index contributed by atoms with van der Waals surface area (Å²) in [6.45, 7) is 0.936. The molecule has 9 heteroatoms. The predicted octanol–water partition coefficient (Wildman–Crippen LogP) is 1.05. The van der Waals surface area contributed by atoms with Gasteiger partial charge in [0.1, 0.15) is 10.7 Å². The van der Waals surface area contributed by atoms with E-state index >= 15 is 0 Å². The van der Waals surface area contributed by atoms with E-state index in [1.165, 1.54) is 29.2 Å². The molecular weight excluding hydrogens is 299 g/mol. The Labute approximate surface area is 121 Å². The van der Waals surface area contributed by atoms with Gasteiger partial charge in [0.25, 0.3) is 10.0 Å². The molecule has 0 aliphatic heterocycles. The molecule has 7 nitrogen and oxygen atoms in total. The summed E-state index contributed by atoms with van der Waals surface area (Å²) >= 11 is 0. The third kappa shape index (κ3) is 3.50. The lowest BCUT2D eigenvalue weighted by atomic mass is 10.3. The zero-order chi connectivity index (χ0) is 15.5. The van der Waals surface area contributed by atoms with E-state index in [2.05, 4.69) is 9.82 Å². The monoisotopic (exact) mass is 314 g/mol. The number of rotatable bonds is 6. The number of ether oxygens (including phenoxy) is 1. The SMILES string of the molecule is COCCn1cc(NS(=O)(=O)c2cccc(F)c2N)cn1. The molecule has 2 aromatic rings. The van der Waals surface area contributed by atoms with E-state index in [4.69, 9.17) is 10.5 Å². The van der Waals surface area contributed by atoms with Gasteiger partial charge in [-0.25, -0.2) is 12.8 Å². The zero-order valence-corrected chi connectivity index (χ0v) is 12.1. The highest BCUT2D eigenvalue weighted by molar-refractivity contribution is 7.92. The molecule has 1 heterocycles. The maximum atomic E-state index is 13.3. The number of nitrogens with one attached hydrogen (secondary N) is 1. The van der Waals surface area contributed by atoms with Gasteiger partial charge in [-0.05, 0) is 12.1 Å². The van der Waals surface area contributed by atoms with Crippen molar-refractivity contribution in [3.8, 4) is 0 Å². The summed E-state index contributed by atoms with van der Waals surface area (Å²) in [5.41, 5.74) is 5.30. The van der Waals surface area contributed by atoms with Crippen LogP contribution < -0.4 is 10.5 Å². The molecule has 1 aromatic carbocycles. The minimum absolute atomic E-state index is 0.259. The van der Waals surface area contributed by atoms with Crippen molar-refractivity contribution in [2.24, 2.45) is 0 Å². The van der Waals surface area contributed by atoms with Crippen molar-refractivity contribution >= 4 is 21.4 Å². The fourth-order valence-corrected chi connectivity index (χ4v) is 2.86. The number of sulfonamides is 1. The number of nitrogen functional groups attached to an aromatic ring is 1. The molecule has 0 unspecified atom stereocenters. The van der Waals surface area contributed by atoms with Crippen LogP contribution in [0.1, 0.15) is 0 Å². The molecule has 0 atom stereocenters. The number of benzene rings is 1. The number of nitrogens with two attached hydrogens (primary N) is 1. The molecule has 0 radical (unpaired) electrons. The second kappa shape index (κ2) is 6.10. The van der Waals surface area contributed by atoms with Gasteiger partial charge in [0, 0.05) is 13.3 Å². The molecule has 114 valence electrons. The summed E-state index contributed by atoms with van der Waals surface area (Å²) < 4.78 is 46.4. The molecule has 21 heavy (non-hydrogen) atoms. The number of halogens is 1. The normalized spacial score (nSPS) is 11.5. The van der Waals surface area contributed by atoms with Gasteiger partial charge in [-0.3, -0.25) is 9.40 Å². The number of anilines is 2. The van der Waals surface area contributed by atoms with Crippen LogP contribution in [0.5, 0.6) is 0 Å². The lowest BCUT2D eigenvalue weighted by Crippen LogP contribution is -2.15. The topological polar surface area (TPSA) is 99.2 Å². The maximum Gasteiger partial charge on any atom is 0.264 e. The molecule has 0 amide bonds. The quantitative estimate of drug-likeness (QED) is 0.777. The fraction of sp³-hybridized carbons (Fsp3) is 0.250. The van der Waals surface area contributed by atoms with Crippen LogP contribution in [0.3, 0.4) is 0 Å². The Morgan fingerprint density at radius 2 is 2.24 bits per heavy atom. The van der Waals surface area contributed by atoms with Crippen molar-refractivity contribution in [2.45, 2.75) is 11.4 Å². The molecule has 0 saturated carbocycles. The van der Waals surface area contributed by atoms with E-state index in [-0.39, 0.29) is 10.6 Å². The van der Waals surface area contributed by atoms with Crippen LogP contribution in [0.2, 0.25) is 0 Å². The minimum Gasteiger partial charge on any atom is -0.395 e. The van der Waals surface area contributed by atoms with Crippen molar-refractivity contribution in [3.63, 3.8) is 0 Å². The number of hydrogen-bond acceptors (Lipinski definition) is 5. The second-order valence-corrected chi connectivity index (χ2v) is 5.89. The third-order valence-corrected chi connectivity index (χ3v) is 4.15. The van der Waals surface area contributed by atoms with Crippen LogP contribution in [0, 0.1) is 5.82 Å². The zero-order valence-electron chi connectivity index (χ0n) is 11.3. The Morgan fingerprint density at radius 3 is 2.95 bits per heavy atom. The van der Waals surface area contributed by atoms with Crippen molar-refractivity contribution in [1.29, 1.82) is 0 Å². The molecule has 0 saturated heterocycles. The molecule has 0 bridgehead atoms. The van der Waals surface area contributed by atoms with Crippen LogP contribution in [-0.4, -0.2) is 31.9 Å². The van der Waals surface area contributed by atoms with E-state index in [1.54, 1.807) is 7.11 Å². The molecule has 0 fully saturated rings. The highest BCUT2D eigenvalue weighted by Crippen LogP contribution is 2.23. The van der Waals surface area contributed by atoms with Gasteiger partial charge in [-0.15, -0.1) is 0 Å². The van der Waals surface area contributed by atoms with Crippen LogP contribution in [-0.2, 0) is 21.3 Å². The van der Waals surface area contributed by atoms with Gasteiger partial charge in [0.2, 0.25) is 0 Å². The smallest absolute Gasteiger partial charge is 0.264 e. The fourth-order valence-electron chi connectivity index (χ4n) is 1.69. The van der Waals surface area contributed by atoms with Crippen LogP contribution in [0.4, 0.5) is 15.8 Å². The Morgan fingerprint density at radius 1 is 1.48 bits per heavy atom. The molecule has 0 aliphatic carbocycles. The first-order valence-corrected chi connectivity index (χ1v) is 7.50.